The van der Waals surface area contributed by atoms with E-state index < -0.39 is 0 Å². The Balaban J connectivity index is 2.57. The Morgan fingerprint density at radius 3 is 3.22 bits per heavy atom. The van der Waals surface area contributed by atoms with E-state index in [9.17, 15) is 0 Å². The van der Waals surface area contributed by atoms with Crippen molar-refractivity contribution in [1.29, 1.82) is 0 Å². The van der Waals surface area contributed by atoms with Gasteiger partial charge in [0.25, 0.3) is 0 Å². The molecule has 0 bridgehead atoms. The summed E-state index contributed by atoms with van der Waals surface area (Å²) in [6.07, 6.45) is 0. The Bertz CT molecular complexity index is 209. The Labute approximate surface area is 67.9 Å². The second kappa shape index (κ2) is 4.00. The first-order chi connectivity index (χ1) is 4.43. The van der Waals surface area contributed by atoms with Gasteiger partial charge in [0.1, 0.15) is 0 Å². The van der Waals surface area contributed by atoms with Crippen molar-refractivity contribution in [3.63, 3.8) is 0 Å². The van der Waals surface area contributed by atoms with Gasteiger partial charge in [0.15, 0.2) is 0 Å². The van der Waals surface area contributed by atoms with Crippen molar-refractivity contribution in [2.45, 2.75) is 6.54 Å². The van der Waals surface area contributed by atoms with E-state index in [1.807, 2.05) is 0 Å². The van der Waals surface area contributed by atoms with E-state index in [-0.39, 0.29) is 0 Å². The Hall–Kier alpha value is 0.0990. The van der Waals surface area contributed by atoms with Crippen LogP contribution in [0, 0.1) is 0 Å². The summed E-state index contributed by atoms with van der Waals surface area (Å²) in [7, 11) is 0. The summed E-state index contributed by atoms with van der Waals surface area (Å²) in [6, 6.07) is 4.21. The van der Waals surface area contributed by atoms with Gasteiger partial charge in [-0.2, -0.15) is 0 Å². The molecule has 1 nitrogen and oxygen atoms in total. The normalized spacial score (nSPS) is 8.44. The molecule has 0 saturated heterocycles. The van der Waals surface area contributed by atoms with Crippen molar-refractivity contribution in [1.82, 2.24) is 0 Å². The third-order valence-corrected chi connectivity index (χ3v) is 2.96. The van der Waals surface area contributed by atoms with Gasteiger partial charge in [-0.05, 0) is 0 Å². The summed E-state index contributed by atoms with van der Waals surface area (Å²) in [5.41, 5.74) is 0. The first kappa shape index (κ1) is 7.21. The van der Waals surface area contributed by atoms with E-state index in [4.69, 9.17) is 0 Å². The Kier molecular flexibility index (Phi) is 3.21. The second-order valence-corrected chi connectivity index (χ2v) is 4.04. The van der Waals surface area contributed by atoms with Crippen LogP contribution >= 0.6 is 0 Å². The summed E-state index contributed by atoms with van der Waals surface area (Å²) < 4.78 is 4.06. The molecule has 0 aromatic carbocycles. The average Bonchev–Trinajstić information content (AvgIpc) is 2.34. The topological polar surface area (TPSA) is 12.4 Å². The first-order valence-corrected chi connectivity index (χ1v) is 5.19. The molecule has 0 N–H and O–H groups in total. The van der Waals surface area contributed by atoms with Gasteiger partial charge in [-0.1, -0.05) is 0 Å². The monoisotopic (exact) mass is 251 g/mol. The molecule has 9 heavy (non-hydrogen) atoms. The van der Waals surface area contributed by atoms with Crippen LogP contribution in [-0.2, 0) is 6.54 Å². The molecular weight excluding hydrogens is 244 g/mol. The first-order valence-electron chi connectivity index (χ1n) is 2.49. The average molecular weight is 249 g/mol. The maximum absolute atomic E-state index is 3.96. The summed E-state index contributed by atoms with van der Waals surface area (Å²) >= 11 is 3.18. The van der Waals surface area contributed by atoms with Gasteiger partial charge in [-0.25, -0.2) is 0 Å². The van der Waals surface area contributed by atoms with Crippen LogP contribution in [0.1, 0.15) is 4.44 Å². The number of aliphatic imine (C=N–C) groups is 1. The number of hydrogen-bond donors (Lipinski definition) is 0. The van der Waals surface area contributed by atoms with Gasteiger partial charge >= 0.3 is 67.8 Å². The summed E-state index contributed by atoms with van der Waals surface area (Å²) in [5, 5.41) is 0. The zero-order valence-electron chi connectivity index (χ0n) is 4.70. The quantitative estimate of drug-likeness (QED) is 0.528. The van der Waals surface area contributed by atoms with Crippen LogP contribution in [-0.4, -0.2) is 34.8 Å². The maximum atomic E-state index is 3.96. The van der Waals surface area contributed by atoms with E-state index in [0.717, 1.165) is 6.54 Å². The van der Waals surface area contributed by atoms with Crippen molar-refractivity contribution in [2.24, 2.45) is 4.99 Å². The molecule has 0 aliphatic heterocycles. The molecule has 1 aromatic heterocycles. The molecular formula is C6H5NSe2. The predicted molar refractivity (Wildman–Crippen MR) is 40.3 cm³/mol. The molecule has 0 unspecified atom stereocenters. The van der Waals surface area contributed by atoms with Crippen LogP contribution in [0.3, 0.4) is 0 Å². The summed E-state index contributed by atoms with van der Waals surface area (Å²) in [5.74, 6) is 0. The second-order valence-electron chi connectivity index (χ2n) is 1.49. The van der Waals surface area contributed by atoms with E-state index in [0.29, 0.717) is 14.5 Å². The van der Waals surface area contributed by atoms with Crippen LogP contribution < -0.4 is 0 Å². The van der Waals surface area contributed by atoms with Gasteiger partial charge in [-0.3, -0.25) is 0 Å². The number of nitrogens with zero attached hydrogens (tertiary/aromatic N) is 1. The van der Waals surface area contributed by atoms with Crippen molar-refractivity contribution < 1.29 is 0 Å². The molecule has 0 amide bonds. The molecule has 1 aromatic rings. The fraction of sp³-hybridized carbons (Fsp3) is 0.167. The van der Waals surface area contributed by atoms with Gasteiger partial charge in [0.05, 0.1) is 0 Å². The SMILES string of the molecule is [Se]=C=NCc1ccc[se]1. The molecule has 1 rings (SSSR count). The Morgan fingerprint density at radius 2 is 2.67 bits per heavy atom. The molecule has 3 heteroatoms. The fourth-order valence-corrected chi connectivity index (χ4v) is 1.97. The Morgan fingerprint density at radius 1 is 1.78 bits per heavy atom. The van der Waals surface area contributed by atoms with Crippen molar-refractivity contribution >= 4 is 34.8 Å². The van der Waals surface area contributed by atoms with Crippen molar-refractivity contribution in [3.8, 4) is 0 Å². The molecule has 0 radical (unpaired) electrons. The molecule has 46 valence electrons. The summed E-state index contributed by atoms with van der Waals surface area (Å²) in [6.45, 7) is 0.819. The standard InChI is InChI=1S/C6H5NSe2/c8-5-7-4-6-2-1-3-9-6/h1-3H,4H2. The van der Waals surface area contributed by atoms with Gasteiger partial charge in [0, 0.05) is 0 Å². The molecule has 0 saturated carbocycles. The minimum absolute atomic E-state index is 0.570. The van der Waals surface area contributed by atoms with E-state index in [2.05, 4.69) is 42.4 Å². The molecule has 0 spiro atoms. The van der Waals surface area contributed by atoms with Crippen molar-refractivity contribution in [3.05, 3.63) is 21.5 Å². The molecule has 0 atom stereocenters. The number of rotatable bonds is 2. The van der Waals surface area contributed by atoms with Gasteiger partial charge in [0.2, 0.25) is 0 Å². The van der Waals surface area contributed by atoms with Crippen LogP contribution in [0.2, 0.25) is 0 Å². The predicted octanol–water partition coefficient (Wildman–Crippen LogP) is 0.317. The summed E-state index contributed by atoms with van der Waals surface area (Å²) in [4.78, 5) is 6.15. The molecule has 0 aliphatic carbocycles. The van der Waals surface area contributed by atoms with Crippen molar-refractivity contribution in [2.75, 3.05) is 0 Å². The van der Waals surface area contributed by atoms with Crippen LogP contribution in [0.4, 0.5) is 0 Å². The van der Waals surface area contributed by atoms with E-state index in [1.54, 1.807) is 0 Å². The molecule has 1 heterocycles. The van der Waals surface area contributed by atoms with Gasteiger partial charge < -0.3 is 0 Å². The third kappa shape index (κ3) is 2.45. The molecule has 0 aliphatic rings. The van der Waals surface area contributed by atoms with Crippen LogP contribution in [0.25, 0.3) is 0 Å². The van der Waals surface area contributed by atoms with Gasteiger partial charge in [-0.15, -0.1) is 0 Å². The molecule has 0 fully saturated rings. The zero-order chi connectivity index (χ0) is 6.53. The van der Waals surface area contributed by atoms with E-state index in [1.165, 1.54) is 4.44 Å². The minimum atomic E-state index is 0.570. The van der Waals surface area contributed by atoms with Crippen LogP contribution in [0.15, 0.2) is 22.1 Å². The number of hydrogen-bond acceptors (Lipinski definition) is 1. The fourth-order valence-electron chi connectivity index (χ4n) is 0.513. The van der Waals surface area contributed by atoms with E-state index >= 15 is 0 Å². The van der Waals surface area contributed by atoms with Crippen LogP contribution in [0.5, 0.6) is 0 Å². The zero-order valence-corrected chi connectivity index (χ0v) is 8.13. The third-order valence-electron chi connectivity index (χ3n) is 0.880.